The van der Waals surface area contributed by atoms with Gasteiger partial charge in [-0.2, -0.15) is 5.10 Å². The van der Waals surface area contributed by atoms with Crippen LogP contribution in [0.25, 0.3) is 5.69 Å². The summed E-state index contributed by atoms with van der Waals surface area (Å²) in [5.41, 5.74) is 2.70. The number of hydrogen-bond acceptors (Lipinski definition) is 4. The topological polar surface area (TPSA) is 82.8 Å². The predicted molar refractivity (Wildman–Crippen MR) is 112 cm³/mol. The van der Waals surface area contributed by atoms with Crippen LogP contribution in [0, 0.1) is 6.92 Å². The minimum Gasteiger partial charge on any atom is -0.355 e. The molecule has 0 saturated carbocycles. The fraction of sp³-hybridized carbons (Fsp3) is 0.429. The maximum atomic E-state index is 13.3. The van der Waals surface area contributed by atoms with Gasteiger partial charge in [-0.3, -0.25) is 19.6 Å². The highest BCUT2D eigenvalue weighted by Crippen LogP contribution is 2.33. The second kappa shape index (κ2) is 8.06. The van der Waals surface area contributed by atoms with Crippen LogP contribution in [0.3, 0.4) is 0 Å². The van der Waals surface area contributed by atoms with E-state index in [1.807, 2.05) is 31.2 Å². The number of carbonyl (C=O) groups is 2. The molecule has 1 N–H and O–H groups in total. The van der Waals surface area contributed by atoms with Crippen molar-refractivity contribution >= 4 is 23.6 Å². The van der Waals surface area contributed by atoms with Gasteiger partial charge in [0.2, 0.25) is 5.91 Å². The molecule has 0 radical (unpaired) electrons. The molecule has 4 rings (SSSR count). The quantitative estimate of drug-likeness (QED) is 0.764. The molecule has 1 aromatic heterocycles. The highest BCUT2D eigenvalue weighted by molar-refractivity contribution is 6.19. The number of hydrogen-bond donors (Lipinski definition) is 1. The fourth-order valence-electron chi connectivity index (χ4n) is 3.74. The number of unbranched alkanes of at least 4 members (excludes halogenated alkanes) is 1. The van der Waals surface area contributed by atoms with Crippen LogP contribution < -0.4 is 10.2 Å². The number of aryl methyl sites for hydroxylation is 1. The van der Waals surface area contributed by atoms with Crippen molar-refractivity contribution < 1.29 is 9.59 Å². The molecule has 0 saturated heterocycles. The molecular formula is C21H26N6O2. The lowest BCUT2D eigenvalue weighted by Gasteiger charge is -2.37. The zero-order valence-electron chi connectivity index (χ0n) is 16.9. The lowest BCUT2D eigenvalue weighted by Crippen LogP contribution is -2.55. The molecule has 2 aliphatic rings. The number of carbonyl (C=O) groups excluding carboxylic acids is 2. The smallest absolute Gasteiger partial charge is 0.331 e. The van der Waals surface area contributed by atoms with Crippen molar-refractivity contribution in [3.05, 3.63) is 41.6 Å². The molecule has 1 aromatic carbocycles. The van der Waals surface area contributed by atoms with Crippen molar-refractivity contribution in [3.8, 4) is 5.69 Å². The van der Waals surface area contributed by atoms with Gasteiger partial charge >= 0.3 is 6.03 Å². The zero-order chi connectivity index (χ0) is 20.4. The minimum absolute atomic E-state index is 0.0447. The van der Waals surface area contributed by atoms with E-state index in [1.54, 1.807) is 15.8 Å². The van der Waals surface area contributed by atoms with E-state index in [9.17, 15) is 9.59 Å². The van der Waals surface area contributed by atoms with E-state index in [0.29, 0.717) is 31.3 Å². The predicted octanol–water partition coefficient (Wildman–Crippen LogP) is 2.49. The molecule has 152 valence electrons. The summed E-state index contributed by atoms with van der Waals surface area (Å²) >= 11 is 0. The van der Waals surface area contributed by atoms with E-state index in [2.05, 4.69) is 22.3 Å². The Hall–Kier alpha value is -3.16. The Morgan fingerprint density at radius 2 is 2.10 bits per heavy atom. The Bertz CT molecular complexity index is 964. The van der Waals surface area contributed by atoms with Gasteiger partial charge in [0, 0.05) is 19.6 Å². The Morgan fingerprint density at radius 1 is 1.28 bits per heavy atom. The van der Waals surface area contributed by atoms with Crippen LogP contribution in [0.2, 0.25) is 0 Å². The first-order valence-corrected chi connectivity index (χ1v) is 10.2. The Kier molecular flexibility index (Phi) is 5.33. The van der Waals surface area contributed by atoms with Gasteiger partial charge in [-0.15, -0.1) is 0 Å². The number of nitrogens with zero attached hydrogens (tertiary/aromatic N) is 5. The molecule has 29 heavy (non-hydrogen) atoms. The highest BCUT2D eigenvalue weighted by atomic mass is 16.2. The van der Waals surface area contributed by atoms with Gasteiger partial charge in [0.15, 0.2) is 5.82 Å². The summed E-state index contributed by atoms with van der Waals surface area (Å²) in [5.74, 6) is 1.08. The number of amides is 3. The zero-order valence-corrected chi connectivity index (χ0v) is 16.9. The van der Waals surface area contributed by atoms with Crippen molar-refractivity contribution in [2.24, 2.45) is 4.99 Å². The molecule has 3 heterocycles. The summed E-state index contributed by atoms with van der Waals surface area (Å²) in [6.07, 6.45) is 4.47. The van der Waals surface area contributed by atoms with Crippen LogP contribution in [0.15, 0.2) is 35.5 Å². The first-order valence-electron chi connectivity index (χ1n) is 10.2. The van der Waals surface area contributed by atoms with Crippen molar-refractivity contribution in [2.45, 2.75) is 33.1 Å². The summed E-state index contributed by atoms with van der Waals surface area (Å²) in [7, 11) is 0. The third-order valence-electron chi connectivity index (χ3n) is 5.26. The summed E-state index contributed by atoms with van der Waals surface area (Å²) in [6, 6.07) is 7.64. The maximum Gasteiger partial charge on any atom is 0.331 e. The molecule has 0 spiro atoms. The van der Waals surface area contributed by atoms with Gasteiger partial charge in [0.25, 0.3) is 0 Å². The van der Waals surface area contributed by atoms with E-state index in [1.165, 1.54) is 4.90 Å². The van der Waals surface area contributed by atoms with E-state index in [-0.39, 0.29) is 18.5 Å². The number of amidine groups is 1. The van der Waals surface area contributed by atoms with Crippen molar-refractivity contribution in [1.29, 1.82) is 0 Å². The van der Waals surface area contributed by atoms with E-state index < -0.39 is 0 Å². The molecule has 3 amide bonds. The van der Waals surface area contributed by atoms with Crippen molar-refractivity contribution in [1.82, 2.24) is 20.0 Å². The molecular weight excluding hydrogens is 368 g/mol. The third-order valence-corrected chi connectivity index (χ3v) is 5.26. The maximum absolute atomic E-state index is 13.3. The summed E-state index contributed by atoms with van der Waals surface area (Å²) in [6.45, 7) is 5.92. The molecule has 2 aromatic rings. The first kappa shape index (κ1) is 19.2. The fourth-order valence-corrected chi connectivity index (χ4v) is 3.74. The van der Waals surface area contributed by atoms with Crippen molar-refractivity contribution in [2.75, 3.05) is 31.1 Å². The number of benzene rings is 1. The third kappa shape index (κ3) is 3.50. The van der Waals surface area contributed by atoms with Gasteiger partial charge in [-0.05, 0) is 31.4 Å². The lowest BCUT2D eigenvalue weighted by atomic mass is 10.1. The van der Waals surface area contributed by atoms with E-state index >= 15 is 0 Å². The van der Waals surface area contributed by atoms with Gasteiger partial charge < -0.3 is 5.32 Å². The van der Waals surface area contributed by atoms with Gasteiger partial charge in [0.05, 0.1) is 17.4 Å². The van der Waals surface area contributed by atoms with E-state index in [0.717, 1.165) is 36.1 Å². The average molecular weight is 394 g/mol. The van der Waals surface area contributed by atoms with Crippen LogP contribution in [-0.2, 0) is 4.79 Å². The summed E-state index contributed by atoms with van der Waals surface area (Å²) in [4.78, 5) is 33.6. The Balaban J connectivity index is 1.76. The number of nitrogens with one attached hydrogen (secondary N) is 1. The Morgan fingerprint density at radius 3 is 2.90 bits per heavy atom. The number of aliphatic imine (C=N–C) groups is 1. The van der Waals surface area contributed by atoms with E-state index in [4.69, 9.17) is 0 Å². The number of rotatable bonds is 6. The lowest BCUT2D eigenvalue weighted by molar-refractivity contribution is -0.119. The van der Waals surface area contributed by atoms with Crippen LogP contribution in [0.4, 0.5) is 10.6 Å². The van der Waals surface area contributed by atoms with Crippen LogP contribution in [-0.4, -0.2) is 58.6 Å². The van der Waals surface area contributed by atoms with Crippen LogP contribution >= 0.6 is 0 Å². The van der Waals surface area contributed by atoms with Crippen LogP contribution in [0.1, 0.15) is 37.3 Å². The Labute approximate surface area is 170 Å². The molecule has 2 aliphatic heterocycles. The molecule has 0 unspecified atom stereocenters. The molecule has 0 bridgehead atoms. The first-order chi connectivity index (χ1) is 14.1. The number of para-hydroxylation sites is 1. The number of urea groups is 1. The highest BCUT2D eigenvalue weighted by Gasteiger charge is 2.40. The molecule has 8 nitrogen and oxygen atoms in total. The standard InChI is InChI=1S/C21H26N6O2/c1-3-4-10-22-18(28)14-26-20-16(19-23-11-7-12-25(19)21(26)29)13-24-27(20)17-9-6-5-8-15(17)2/h5-6,8-9,13H,3-4,7,10-12,14H2,1-2H3,(H,22,28). The summed E-state index contributed by atoms with van der Waals surface area (Å²) < 4.78 is 1.75. The SMILES string of the molecule is CCCCNC(=O)CN1C(=O)N2CCCN=C2c2cnn(-c3ccccc3C)c21. The normalized spacial score (nSPS) is 15.7. The second-order valence-corrected chi connectivity index (χ2v) is 7.36. The monoisotopic (exact) mass is 394 g/mol. The number of aromatic nitrogens is 2. The van der Waals surface area contributed by atoms with Gasteiger partial charge in [0.1, 0.15) is 12.4 Å². The van der Waals surface area contributed by atoms with Crippen molar-refractivity contribution in [3.63, 3.8) is 0 Å². The second-order valence-electron chi connectivity index (χ2n) is 7.36. The average Bonchev–Trinajstić information content (AvgIpc) is 3.16. The largest absolute Gasteiger partial charge is 0.355 e. The molecule has 0 fully saturated rings. The molecule has 0 aliphatic carbocycles. The van der Waals surface area contributed by atoms with Crippen LogP contribution in [0.5, 0.6) is 0 Å². The van der Waals surface area contributed by atoms with Gasteiger partial charge in [-0.1, -0.05) is 31.5 Å². The molecule has 8 heteroatoms. The number of fused-ring (bicyclic) bond motifs is 3. The molecule has 0 atom stereocenters. The minimum atomic E-state index is -0.225. The number of anilines is 1. The summed E-state index contributed by atoms with van der Waals surface area (Å²) in [5, 5.41) is 7.48. The van der Waals surface area contributed by atoms with Gasteiger partial charge in [-0.25, -0.2) is 9.48 Å².